The van der Waals surface area contributed by atoms with E-state index in [-0.39, 0.29) is 18.4 Å². The number of hydrogen-bond donors (Lipinski definition) is 2. The van der Waals surface area contributed by atoms with Crippen LogP contribution in [0, 0.1) is 0 Å². The molecule has 7 heteroatoms. The molecule has 5 nitrogen and oxygen atoms in total. The van der Waals surface area contributed by atoms with E-state index in [1.807, 2.05) is 0 Å². The van der Waals surface area contributed by atoms with E-state index >= 15 is 0 Å². The zero-order valence-electron chi connectivity index (χ0n) is 10.6. The van der Waals surface area contributed by atoms with Crippen LogP contribution in [0.4, 0.5) is 5.69 Å². The lowest BCUT2D eigenvalue weighted by atomic mass is 10.2. The highest BCUT2D eigenvalue weighted by Crippen LogP contribution is 2.25. The van der Waals surface area contributed by atoms with Gasteiger partial charge in [0.05, 0.1) is 17.3 Å². The van der Waals surface area contributed by atoms with E-state index in [2.05, 4.69) is 10.6 Å². The summed E-state index contributed by atoms with van der Waals surface area (Å²) in [5, 5.41) is 5.96. The maximum absolute atomic E-state index is 11.7. The number of hydrogen-bond acceptors (Lipinski definition) is 3. The molecule has 2 N–H and O–H groups in total. The van der Waals surface area contributed by atoms with Gasteiger partial charge in [-0.15, -0.1) is 0 Å². The Hall–Kier alpha value is -1.30. The normalized spacial score (nSPS) is 17.8. The lowest BCUT2D eigenvalue weighted by molar-refractivity contribution is -0.131. The summed E-state index contributed by atoms with van der Waals surface area (Å²) in [6.07, 6.45) is 1.11. The monoisotopic (exact) mass is 316 g/mol. The lowest BCUT2D eigenvalue weighted by Crippen LogP contribution is -2.39. The molecule has 0 spiro atoms. The van der Waals surface area contributed by atoms with Gasteiger partial charge in [0.1, 0.15) is 6.10 Å². The zero-order chi connectivity index (χ0) is 14.5. The quantitative estimate of drug-likeness (QED) is 0.895. The van der Waals surface area contributed by atoms with Crippen molar-refractivity contribution < 1.29 is 14.3 Å². The summed E-state index contributed by atoms with van der Waals surface area (Å²) >= 11 is 11.7. The highest BCUT2D eigenvalue weighted by Gasteiger charge is 2.23. The average Bonchev–Trinajstić information content (AvgIpc) is 2.93. The van der Waals surface area contributed by atoms with Crippen LogP contribution >= 0.6 is 23.2 Å². The molecule has 1 aromatic carbocycles. The van der Waals surface area contributed by atoms with Gasteiger partial charge in [-0.1, -0.05) is 23.2 Å². The predicted octanol–water partition coefficient (Wildman–Crippen LogP) is 2.23. The van der Waals surface area contributed by atoms with Gasteiger partial charge >= 0.3 is 0 Å². The number of nitrogens with one attached hydrogen (secondary N) is 2. The standard InChI is InChI=1S/C13H14Cl2N2O3/c14-8-3-4-10(9(15)6-8)17-12(18)7-16-13(19)11-2-1-5-20-11/h3-4,6,11H,1-2,5,7H2,(H,16,19)(H,17,18). The largest absolute Gasteiger partial charge is 0.368 e. The molecule has 0 radical (unpaired) electrons. The third-order valence-electron chi connectivity index (χ3n) is 2.85. The van der Waals surface area contributed by atoms with Crippen molar-refractivity contribution in [3.05, 3.63) is 28.2 Å². The Balaban J connectivity index is 1.81. The van der Waals surface area contributed by atoms with Crippen LogP contribution in [0.2, 0.25) is 10.0 Å². The fourth-order valence-corrected chi connectivity index (χ4v) is 2.31. The Morgan fingerprint density at radius 3 is 2.80 bits per heavy atom. The smallest absolute Gasteiger partial charge is 0.249 e. The molecule has 1 aliphatic heterocycles. The molecule has 2 rings (SSSR count). The van der Waals surface area contributed by atoms with Crippen molar-refractivity contribution in [1.82, 2.24) is 5.32 Å². The molecular formula is C13H14Cl2N2O3. The number of amides is 2. The average molecular weight is 317 g/mol. The Labute approximate surface area is 126 Å². The van der Waals surface area contributed by atoms with Crippen LogP contribution in [-0.4, -0.2) is 31.1 Å². The van der Waals surface area contributed by atoms with Crippen LogP contribution in [0.25, 0.3) is 0 Å². The molecule has 1 fully saturated rings. The predicted molar refractivity (Wildman–Crippen MR) is 77.1 cm³/mol. The molecular weight excluding hydrogens is 303 g/mol. The second kappa shape index (κ2) is 6.92. The van der Waals surface area contributed by atoms with Crippen molar-refractivity contribution in [3.63, 3.8) is 0 Å². The third kappa shape index (κ3) is 4.10. The minimum Gasteiger partial charge on any atom is -0.368 e. The van der Waals surface area contributed by atoms with Crippen molar-refractivity contribution in [2.24, 2.45) is 0 Å². The molecule has 0 aromatic heterocycles. The van der Waals surface area contributed by atoms with Crippen LogP contribution in [0.1, 0.15) is 12.8 Å². The van der Waals surface area contributed by atoms with E-state index < -0.39 is 6.10 Å². The number of anilines is 1. The second-order valence-electron chi connectivity index (χ2n) is 4.39. The number of carbonyl (C=O) groups excluding carboxylic acids is 2. The highest BCUT2D eigenvalue weighted by molar-refractivity contribution is 6.36. The van der Waals surface area contributed by atoms with Crippen LogP contribution in [0.3, 0.4) is 0 Å². The van der Waals surface area contributed by atoms with Crippen molar-refractivity contribution in [1.29, 1.82) is 0 Å². The molecule has 0 bridgehead atoms. The molecule has 0 saturated carbocycles. The molecule has 1 unspecified atom stereocenters. The number of halogens is 2. The first-order valence-electron chi connectivity index (χ1n) is 6.20. The van der Waals surface area contributed by atoms with E-state index in [9.17, 15) is 9.59 Å². The SMILES string of the molecule is O=C(CNC(=O)C1CCCO1)Nc1ccc(Cl)cc1Cl. The molecule has 20 heavy (non-hydrogen) atoms. The Morgan fingerprint density at radius 2 is 2.15 bits per heavy atom. The van der Waals surface area contributed by atoms with Crippen molar-refractivity contribution in [2.75, 3.05) is 18.5 Å². The number of carbonyl (C=O) groups is 2. The fraction of sp³-hybridized carbons (Fsp3) is 0.385. The Bertz CT molecular complexity index is 516. The minimum absolute atomic E-state index is 0.127. The van der Waals surface area contributed by atoms with Gasteiger partial charge < -0.3 is 15.4 Å². The van der Waals surface area contributed by atoms with E-state index in [0.717, 1.165) is 6.42 Å². The van der Waals surface area contributed by atoms with Crippen LogP contribution in [0.15, 0.2) is 18.2 Å². The lowest BCUT2D eigenvalue weighted by Gasteiger charge is -2.11. The van der Waals surface area contributed by atoms with Crippen molar-refractivity contribution in [3.8, 4) is 0 Å². The topological polar surface area (TPSA) is 67.4 Å². The second-order valence-corrected chi connectivity index (χ2v) is 5.24. The molecule has 1 saturated heterocycles. The molecule has 108 valence electrons. The third-order valence-corrected chi connectivity index (χ3v) is 3.40. The van der Waals surface area contributed by atoms with Crippen molar-refractivity contribution in [2.45, 2.75) is 18.9 Å². The Kier molecular flexibility index (Phi) is 5.23. The molecule has 2 amide bonds. The van der Waals surface area contributed by atoms with Crippen LogP contribution < -0.4 is 10.6 Å². The molecule has 1 atom stereocenters. The summed E-state index contributed by atoms with van der Waals surface area (Å²) in [5.41, 5.74) is 0.451. The highest BCUT2D eigenvalue weighted by atomic mass is 35.5. The van der Waals surface area contributed by atoms with E-state index in [4.69, 9.17) is 27.9 Å². The summed E-state index contributed by atoms with van der Waals surface area (Å²) in [6.45, 7) is 0.461. The van der Waals surface area contributed by atoms with Gasteiger partial charge in [-0.25, -0.2) is 0 Å². The summed E-state index contributed by atoms with van der Waals surface area (Å²) in [7, 11) is 0. The first-order valence-corrected chi connectivity index (χ1v) is 6.96. The van der Waals surface area contributed by atoms with Gasteiger partial charge in [0, 0.05) is 11.6 Å². The van der Waals surface area contributed by atoms with E-state index in [0.29, 0.717) is 28.8 Å². The summed E-state index contributed by atoms with van der Waals surface area (Å²) in [4.78, 5) is 23.4. The number of rotatable bonds is 4. The fourth-order valence-electron chi connectivity index (χ4n) is 1.85. The van der Waals surface area contributed by atoms with Crippen LogP contribution in [0.5, 0.6) is 0 Å². The molecule has 1 aliphatic rings. The van der Waals surface area contributed by atoms with Crippen molar-refractivity contribution >= 4 is 40.7 Å². The van der Waals surface area contributed by atoms with Gasteiger partial charge in [-0.2, -0.15) is 0 Å². The molecule has 1 heterocycles. The zero-order valence-corrected chi connectivity index (χ0v) is 12.1. The minimum atomic E-state index is -0.443. The van der Waals surface area contributed by atoms with Gasteiger partial charge in [0.2, 0.25) is 11.8 Å². The summed E-state index contributed by atoms with van der Waals surface area (Å²) in [5.74, 6) is -0.625. The summed E-state index contributed by atoms with van der Waals surface area (Å²) < 4.78 is 5.22. The first kappa shape index (κ1) is 15.1. The summed E-state index contributed by atoms with van der Waals surface area (Å²) in [6, 6.07) is 4.75. The molecule has 0 aliphatic carbocycles. The van der Waals surface area contributed by atoms with Gasteiger partial charge in [0.25, 0.3) is 0 Å². The maximum atomic E-state index is 11.7. The van der Waals surface area contributed by atoms with Gasteiger partial charge in [-0.3, -0.25) is 9.59 Å². The number of ether oxygens (including phenoxy) is 1. The Morgan fingerprint density at radius 1 is 1.35 bits per heavy atom. The maximum Gasteiger partial charge on any atom is 0.249 e. The number of benzene rings is 1. The van der Waals surface area contributed by atoms with Gasteiger partial charge in [-0.05, 0) is 31.0 Å². The van der Waals surface area contributed by atoms with E-state index in [1.54, 1.807) is 12.1 Å². The van der Waals surface area contributed by atoms with E-state index in [1.165, 1.54) is 6.07 Å². The van der Waals surface area contributed by atoms with Gasteiger partial charge in [0.15, 0.2) is 0 Å². The first-order chi connectivity index (χ1) is 9.56. The van der Waals surface area contributed by atoms with Crippen LogP contribution in [-0.2, 0) is 14.3 Å². The molecule has 1 aromatic rings.